The van der Waals surface area contributed by atoms with Crippen LogP contribution in [0, 0.1) is 0 Å². The Labute approximate surface area is 105 Å². The fraction of sp³-hybridized carbons (Fsp3) is 0.273. The molecule has 0 fully saturated rings. The van der Waals surface area contributed by atoms with Gasteiger partial charge in [0.2, 0.25) is 0 Å². The minimum Gasteiger partial charge on any atom is -0.453 e. The first-order valence-electron chi connectivity index (χ1n) is 5.05. The first-order chi connectivity index (χ1) is 8.15. The molecule has 0 saturated carbocycles. The number of amidine groups is 1. The van der Waals surface area contributed by atoms with Gasteiger partial charge in [-0.15, -0.1) is 12.6 Å². The van der Waals surface area contributed by atoms with Crippen LogP contribution in [0.3, 0.4) is 0 Å². The van der Waals surface area contributed by atoms with Crippen LogP contribution in [0.25, 0.3) is 0 Å². The number of thiol groups is 1. The molecule has 0 atom stereocenters. The zero-order valence-corrected chi connectivity index (χ0v) is 10.4. The molecule has 1 aromatic carbocycles. The largest absolute Gasteiger partial charge is 0.453 e. The van der Waals surface area contributed by atoms with Crippen molar-refractivity contribution in [2.24, 2.45) is 10.7 Å². The third-order valence-corrected chi connectivity index (χ3v) is 2.42. The van der Waals surface area contributed by atoms with Crippen LogP contribution in [0.4, 0.5) is 4.79 Å². The summed E-state index contributed by atoms with van der Waals surface area (Å²) in [7, 11) is 1.31. The molecule has 0 aliphatic heterocycles. The van der Waals surface area contributed by atoms with Crippen LogP contribution in [0.5, 0.6) is 0 Å². The van der Waals surface area contributed by atoms with Crippen molar-refractivity contribution in [2.75, 3.05) is 20.2 Å². The molecule has 1 rings (SSSR count). The summed E-state index contributed by atoms with van der Waals surface area (Å²) < 4.78 is 4.42. The van der Waals surface area contributed by atoms with Crippen molar-refractivity contribution in [1.82, 2.24) is 5.32 Å². The second kappa shape index (κ2) is 6.80. The second-order valence-electron chi connectivity index (χ2n) is 3.20. The van der Waals surface area contributed by atoms with E-state index >= 15 is 0 Å². The lowest BCUT2D eigenvalue weighted by Crippen LogP contribution is -2.26. The standard InChI is InChI=1S/C11H15N3O2S/c1-16-11(15)14-7-6-13-10(12)8-4-2-3-5-9(8)17/h2-5,17H,6-7H2,1H3,(H2,12,13)(H,14,15). The summed E-state index contributed by atoms with van der Waals surface area (Å²) in [5.41, 5.74) is 6.59. The van der Waals surface area contributed by atoms with Crippen LogP contribution in [0.1, 0.15) is 5.56 Å². The number of nitrogens with two attached hydrogens (primary N) is 1. The summed E-state index contributed by atoms with van der Waals surface area (Å²) in [5, 5.41) is 2.51. The highest BCUT2D eigenvalue weighted by Gasteiger charge is 2.02. The van der Waals surface area contributed by atoms with E-state index in [1.54, 1.807) is 0 Å². The summed E-state index contributed by atoms with van der Waals surface area (Å²) >= 11 is 4.28. The van der Waals surface area contributed by atoms with Crippen LogP contribution >= 0.6 is 12.6 Å². The molecule has 0 heterocycles. The van der Waals surface area contributed by atoms with Gasteiger partial charge in [0.25, 0.3) is 0 Å². The topological polar surface area (TPSA) is 76.7 Å². The number of alkyl carbamates (subject to hydrolysis) is 1. The van der Waals surface area contributed by atoms with E-state index in [-0.39, 0.29) is 0 Å². The fourth-order valence-corrected chi connectivity index (χ4v) is 1.46. The van der Waals surface area contributed by atoms with Crippen LogP contribution in [0.2, 0.25) is 0 Å². The SMILES string of the molecule is COC(=O)NCCN=C(N)c1ccccc1S. The molecule has 0 aromatic heterocycles. The maximum absolute atomic E-state index is 10.8. The Morgan fingerprint density at radius 1 is 1.53 bits per heavy atom. The number of nitrogens with one attached hydrogen (secondary N) is 1. The molecule has 6 heteroatoms. The number of hydrogen-bond acceptors (Lipinski definition) is 4. The quantitative estimate of drug-likeness (QED) is 0.325. The number of aliphatic imine (C=N–C) groups is 1. The van der Waals surface area contributed by atoms with Crippen molar-refractivity contribution < 1.29 is 9.53 Å². The lowest BCUT2D eigenvalue weighted by Gasteiger charge is -2.04. The van der Waals surface area contributed by atoms with Gasteiger partial charge in [-0.2, -0.15) is 0 Å². The summed E-state index contributed by atoms with van der Waals surface area (Å²) in [4.78, 5) is 15.7. The van der Waals surface area contributed by atoms with Crippen molar-refractivity contribution in [3.8, 4) is 0 Å². The molecule has 0 spiro atoms. The normalized spacial score (nSPS) is 11.1. The van der Waals surface area contributed by atoms with Crippen molar-refractivity contribution >= 4 is 24.6 Å². The maximum Gasteiger partial charge on any atom is 0.406 e. The average molecular weight is 253 g/mol. The minimum absolute atomic E-state index is 0.377. The van der Waals surface area contributed by atoms with Gasteiger partial charge in [-0.25, -0.2) is 4.79 Å². The third kappa shape index (κ3) is 4.36. The summed E-state index contributed by atoms with van der Waals surface area (Å²) in [6.45, 7) is 0.769. The third-order valence-electron chi connectivity index (χ3n) is 2.03. The van der Waals surface area contributed by atoms with Crippen LogP contribution in [-0.4, -0.2) is 32.1 Å². The molecule has 0 unspecified atom stereocenters. The van der Waals surface area contributed by atoms with Crippen LogP contribution in [-0.2, 0) is 4.74 Å². The Hall–Kier alpha value is -1.69. The molecule has 92 valence electrons. The van der Waals surface area contributed by atoms with Crippen molar-refractivity contribution in [1.29, 1.82) is 0 Å². The number of nitrogens with zero attached hydrogens (tertiary/aromatic N) is 1. The first-order valence-corrected chi connectivity index (χ1v) is 5.50. The van der Waals surface area contributed by atoms with Gasteiger partial charge < -0.3 is 15.8 Å². The molecule has 17 heavy (non-hydrogen) atoms. The lowest BCUT2D eigenvalue weighted by molar-refractivity contribution is 0.171. The van der Waals surface area contributed by atoms with E-state index in [9.17, 15) is 4.79 Å². The zero-order valence-electron chi connectivity index (χ0n) is 9.51. The monoisotopic (exact) mass is 253 g/mol. The van der Waals surface area contributed by atoms with E-state index in [4.69, 9.17) is 5.73 Å². The average Bonchev–Trinajstić information content (AvgIpc) is 2.34. The van der Waals surface area contributed by atoms with Gasteiger partial charge in [0.05, 0.1) is 13.7 Å². The summed E-state index contributed by atoms with van der Waals surface area (Å²) in [5.74, 6) is 0.405. The number of amides is 1. The highest BCUT2D eigenvalue weighted by Crippen LogP contribution is 2.11. The number of benzene rings is 1. The van der Waals surface area contributed by atoms with Gasteiger partial charge in [-0.05, 0) is 6.07 Å². The molecule has 0 bridgehead atoms. The molecule has 0 aliphatic carbocycles. The molecular formula is C11H15N3O2S. The Morgan fingerprint density at radius 2 is 2.24 bits per heavy atom. The Bertz CT molecular complexity index is 421. The Kier molecular flexibility index (Phi) is 5.35. The molecule has 1 aromatic rings. The Balaban J connectivity index is 2.50. The van der Waals surface area contributed by atoms with Crippen LogP contribution < -0.4 is 11.1 Å². The number of methoxy groups -OCH3 is 1. The van der Waals surface area contributed by atoms with Gasteiger partial charge >= 0.3 is 6.09 Å². The zero-order chi connectivity index (χ0) is 12.7. The van der Waals surface area contributed by atoms with Gasteiger partial charge in [0.15, 0.2) is 0 Å². The molecule has 0 saturated heterocycles. The lowest BCUT2D eigenvalue weighted by atomic mass is 10.2. The molecule has 0 radical (unpaired) electrons. The van der Waals surface area contributed by atoms with Gasteiger partial charge in [-0.3, -0.25) is 4.99 Å². The fourth-order valence-electron chi connectivity index (χ4n) is 1.18. The highest BCUT2D eigenvalue weighted by atomic mass is 32.1. The predicted molar refractivity (Wildman–Crippen MR) is 69.7 cm³/mol. The Morgan fingerprint density at radius 3 is 2.88 bits per heavy atom. The van der Waals surface area contributed by atoms with Gasteiger partial charge in [-0.1, -0.05) is 18.2 Å². The summed E-state index contributed by atoms with van der Waals surface area (Å²) in [6, 6.07) is 7.42. The van der Waals surface area contributed by atoms with E-state index in [0.717, 1.165) is 10.5 Å². The number of carbonyl (C=O) groups is 1. The van der Waals surface area contributed by atoms with Gasteiger partial charge in [0.1, 0.15) is 5.84 Å². The minimum atomic E-state index is -0.478. The van der Waals surface area contributed by atoms with Crippen molar-refractivity contribution in [2.45, 2.75) is 4.90 Å². The predicted octanol–water partition coefficient (Wildman–Crippen LogP) is 1.04. The van der Waals surface area contributed by atoms with Gasteiger partial charge in [0, 0.05) is 17.0 Å². The second-order valence-corrected chi connectivity index (χ2v) is 3.68. The number of ether oxygens (including phenoxy) is 1. The number of rotatable bonds is 4. The van der Waals surface area contributed by atoms with E-state index < -0.39 is 6.09 Å². The van der Waals surface area contributed by atoms with E-state index in [0.29, 0.717) is 18.9 Å². The number of carbonyl (C=O) groups excluding carboxylic acids is 1. The molecule has 1 amide bonds. The summed E-state index contributed by atoms with van der Waals surface area (Å²) in [6.07, 6.45) is -0.478. The van der Waals surface area contributed by atoms with Crippen molar-refractivity contribution in [3.05, 3.63) is 29.8 Å². The highest BCUT2D eigenvalue weighted by molar-refractivity contribution is 7.80. The molecule has 5 nitrogen and oxygen atoms in total. The molecular weight excluding hydrogens is 238 g/mol. The molecule has 0 aliphatic rings. The van der Waals surface area contributed by atoms with E-state index in [1.807, 2.05) is 24.3 Å². The van der Waals surface area contributed by atoms with Crippen LogP contribution in [0.15, 0.2) is 34.2 Å². The van der Waals surface area contributed by atoms with E-state index in [1.165, 1.54) is 7.11 Å². The van der Waals surface area contributed by atoms with Crippen molar-refractivity contribution in [3.63, 3.8) is 0 Å². The molecule has 3 N–H and O–H groups in total. The first kappa shape index (κ1) is 13.4. The number of hydrogen-bond donors (Lipinski definition) is 3. The smallest absolute Gasteiger partial charge is 0.406 e. The van der Waals surface area contributed by atoms with E-state index in [2.05, 4.69) is 27.7 Å². The maximum atomic E-state index is 10.8.